The fraction of sp³-hybridized carbons (Fsp3) is 0.300. The number of aryl methyl sites for hydroxylation is 1. The molecule has 1 fully saturated rings. The minimum Gasteiger partial charge on any atom is -0.352 e. The molecule has 4 nitrogen and oxygen atoms in total. The molecule has 0 unspecified atom stereocenters. The molecule has 2 amide bonds. The minimum absolute atomic E-state index is 0.0470. The average Bonchev–Trinajstić information content (AvgIpc) is 3.01. The molecule has 1 aliphatic rings. The van der Waals surface area contributed by atoms with Crippen molar-refractivity contribution in [1.82, 2.24) is 10.6 Å². The van der Waals surface area contributed by atoms with Crippen LogP contribution in [0.5, 0.6) is 0 Å². The van der Waals surface area contributed by atoms with Gasteiger partial charge in [0.1, 0.15) is 0 Å². The molecule has 24 heavy (non-hydrogen) atoms. The van der Waals surface area contributed by atoms with E-state index in [1.807, 2.05) is 24.3 Å². The zero-order chi connectivity index (χ0) is 16.9. The van der Waals surface area contributed by atoms with E-state index in [0.717, 1.165) is 18.4 Å². The van der Waals surface area contributed by atoms with E-state index in [9.17, 15) is 9.59 Å². The van der Waals surface area contributed by atoms with Crippen LogP contribution in [-0.2, 0) is 11.2 Å². The molecule has 4 heteroatoms. The maximum Gasteiger partial charge on any atom is 0.251 e. The van der Waals surface area contributed by atoms with Crippen LogP contribution in [0.15, 0.2) is 48.5 Å². The fourth-order valence-electron chi connectivity index (χ4n) is 2.96. The van der Waals surface area contributed by atoms with Gasteiger partial charge in [0.25, 0.3) is 5.91 Å². The molecule has 1 atom stereocenters. The number of carbonyl (C=O) groups is 2. The van der Waals surface area contributed by atoms with E-state index >= 15 is 0 Å². The second kappa shape index (κ2) is 7.30. The third-order valence-corrected chi connectivity index (χ3v) is 4.37. The number of hydrogen-bond acceptors (Lipinski definition) is 2. The lowest BCUT2D eigenvalue weighted by Crippen LogP contribution is -2.38. The topological polar surface area (TPSA) is 58.2 Å². The van der Waals surface area contributed by atoms with Gasteiger partial charge in [0.2, 0.25) is 5.91 Å². The number of amides is 2. The van der Waals surface area contributed by atoms with Gasteiger partial charge in [-0.1, -0.05) is 48.0 Å². The molecule has 0 aliphatic carbocycles. The van der Waals surface area contributed by atoms with Gasteiger partial charge >= 0.3 is 0 Å². The van der Waals surface area contributed by atoms with Crippen LogP contribution in [-0.4, -0.2) is 24.4 Å². The lowest BCUT2D eigenvalue weighted by molar-refractivity contribution is -0.119. The van der Waals surface area contributed by atoms with E-state index in [0.29, 0.717) is 18.5 Å². The molecule has 1 aliphatic heterocycles. The van der Waals surface area contributed by atoms with Crippen LogP contribution in [0.3, 0.4) is 0 Å². The second-order valence-electron chi connectivity index (χ2n) is 6.33. The lowest BCUT2D eigenvalue weighted by atomic mass is 9.98. The van der Waals surface area contributed by atoms with Crippen molar-refractivity contribution in [3.8, 4) is 0 Å². The highest BCUT2D eigenvalue weighted by molar-refractivity contribution is 5.95. The number of nitrogens with one attached hydrogen (secondary N) is 2. The monoisotopic (exact) mass is 322 g/mol. The summed E-state index contributed by atoms with van der Waals surface area (Å²) in [5.74, 6) is -0.0205. The second-order valence-corrected chi connectivity index (χ2v) is 6.33. The summed E-state index contributed by atoms with van der Waals surface area (Å²) in [7, 11) is 0. The third kappa shape index (κ3) is 4.02. The Bertz CT molecular complexity index is 738. The maximum atomic E-state index is 12.5. The standard InChI is InChI=1S/C20H22N2O2/c1-14-6-8-15(9-7-14)12-16-4-2-3-5-18(16)20(24)21-13-17-10-11-19(23)22-17/h2-9,17H,10-13H2,1H3,(H,21,24)(H,22,23)/t17-/m1/s1. The Morgan fingerprint density at radius 1 is 1.17 bits per heavy atom. The van der Waals surface area contributed by atoms with Crippen LogP contribution in [0.1, 0.15) is 39.9 Å². The van der Waals surface area contributed by atoms with Crippen molar-refractivity contribution >= 4 is 11.8 Å². The van der Waals surface area contributed by atoms with Crippen molar-refractivity contribution in [2.45, 2.75) is 32.2 Å². The Balaban J connectivity index is 1.67. The van der Waals surface area contributed by atoms with Crippen LogP contribution < -0.4 is 10.6 Å². The quantitative estimate of drug-likeness (QED) is 0.889. The molecule has 1 saturated heterocycles. The first kappa shape index (κ1) is 16.2. The number of hydrogen-bond donors (Lipinski definition) is 2. The van der Waals surface area contributed by atoms with Crippen LogP contribution in [0.2, 0.25) is 0 Å². The predicted octanol–water partition coefficient (Wildman–Crippen LogP) is 2.59. The molecule has 0 spiro atoms. The summed E-state index contributed by atoms with van der Waals surface area (Å²) in [5.41, 5.74) is 4.11. The molecule has 3 rings (SSSR count). The Labute approximate surface area is 142 Å². The predicted molar refractivity (Wildman–Crippen MR) is 93.9 cm³/mol. The number of benzene rings is 2. The van der Waals surface area contributed by atoms with Crippen LogP contribution >= 0.6 is 0 Å². The fourth-order valence-corrected chi connectivity index (χ4v) is 2.96. The first-order chi connectivity index (χ1) is 11.6. The van der Waals surface area contributed by atoms with Gasteiger partial charge in [-0.05, 0) is 37.0 Å². The zero-order valence-corrected chi connectivity index (χ0v) is 13.8. The van der Waals surface area contributed by atoms with Gasteiger partial charge in [0.05, 0.1) is 0 Å². The molecule has 0 aromatic heterocycles. The van der Waals surface area contributed by atoms with Gasteiger partial charge < -0.3 is 10.6 Å². The van der Waals surface area contributed by atoms with Gasteiger partial charge in [-0.15, -0.1) is 0 Å². The van der Waals surface area contributed by atoms with E-state index in [1.54, 1.807) is 0 Å². The third-order valence-electron chi connectivity index (χ3n) is 4.37. The number of carbonyl (C=O) groups excluding carboxylic acids is 2. The van der Waals surface area contributed by atoms with Gasteiger partial charge in [-0.3, -0.25) is 9.59 Å². The molecule has 124 valence electrons. The molecular formula is C20H22N2O2. The van der Waals surface area contributed by atoms with Gasteiger partial charge in [-0.25, -0.2) is 0 Å². The average molecular weight is 322 g/mol. The molecule has 2 N–H and O–H groups in total. The largest absolute Gasteiger partial charge is 0.352 e. The summed E-state index contributed by atoms with van der Waals surface area (Å²) in [6.07, 6.45) is 2.05. The van der Waals surface area contributed by atoms with Crippen molar-refractivity contribution in [3.05, 3.63) is 70.8 Å². The summed E-state index contributed by atoms with van der Waals surface area (Å²) in [4.78, 5) is 23.7. The highest BCUT2D eigenvalue weighted by Gasteiger charge is 2.21. The molecule has 2 aromatic rings. The van der Waals surface area contributed by atoms with Crippen LogP contribution in [0, 0.1) is 6.92 Å². The van der Waals surface area contributed by atoms with Gasteiger partial charge in [0.15, 0.2) is 0 Å². The summed E-state index contributed by atoms with van der Waals surface area (Å²) in [5, 5.41) is 5.81. The molecular weight excluding hydrogens is 300 g/mol. The van der Waals surface area contributed by atoms with E-state index in [1.165, 1.54) is 11.1 Å². The summed E-state index contributed by atoms with van der Waals surface area (Å²) < 4.78 is 0. The maximum absolute atomic E-state index is 12.5. The van der Waals surface area contributed by atoms with E-state index in [-0.39, 0.29) is 17.9 Å². The molecule has 2 aromatic carbocycles. The highest BCUT2D eigenvalue weighted by atomic mass is 16.2. The molecule has 0 bridgehead atoms. The van der Waals surface area contributed by atoms with E-state index in [4.69, 9.17) is 0 Å². The van der Waals surface area contributed by atoms with Crippen LogP contribution in [0.4, 0.5) is 0 Å². The van der Waals surface area contributed by atoms with E-state index in [2.05, 4.69) is 41.8 Å². The molecule has 0 saturated carbocycles. The van der Waals surface area contributed by atoms with Crippen molar-refractivity contribution in [3.63, 3.8) is 0 Å². The first-order valence-electron chi connectivity index (χ1n) is 8.33. The Kier molecular flexibility index (Phi) is 4.94. The smallest absolute Gasteiger partial charge is 0.251 e. The van der Waals surface area contributed by atoms with Crippen molar-refractivity contribution in [2.75, 3.05) is 6.54 Å². The SMILES string of the molecule is Cc1ccc(Cc2ccccc2C(=O)NC[C@H]2CCC(=O)N2)cc1. The lowest BCUT2D eigenvalue weighted by Gasteiger charge is -2.13. The summed E-state index contributed by atoms with van der Waals surface area (Å²) >= 11 is 0. The van der Waals surface area contributed by atoms with Crippen molar-refractivity contribution < 1.29 is 9.59 Å². The van der Waals surface area contributed by atoms with Crippen molar-refractivity contribution in [1.29, 1.82) is 0 Å². The Morgan fingerprint density at radius 3 is 2.62 bits per heavy atom. The van der Waals surface area contributed by atoms with Gasteiger partial charge in [-0.2, -0.15) is 0 Å². The van der Waals surface area contributed by atoms with Crippen molar-refractivity contribution in [2.24, 2.45) is 0 Å². The normalized spacial score (nSPS) is 16.7. The minimum atomic E-state index is -0.0844. The Hall–Kier alpha value is -2.62. The highest BCUT2D eigenvalue weighted by Crippen LogP contribution is 2.15. The number of rotatable bonds is 5. The summed E-state index contributed by atoms with van der Waals surface area (Å²) in [6.45, 7) is 2.54. The van der Waals surface area contributed by atoms with Gasteiger partial charge in [0, 0.05) is 24.6 Å². The first-order valence-corrected chi connectivity index (χ1v) is 8.33. The summed E-state index contributed by atoms with van der Waals surface area (Å²) in [6, 6.07) is 16.1. The van der Waals surface area contributed by atoms with Crippen LogP contribution in [0.25, 0.3) is 0 Å². The van der Waals surface area contributed by atoms with E-state index < -0.39 is 0 Å². The zero-order valence-electron chi connectivity index (χ0n) is 13.8. The molecule has 1 heterocycles. The molecule has 0 radical (unpaired) electrons. The Morgan fingerprint density at radius 2 is 1.92 bits per heavy atom.